The first-order valence-electron chi connectivity index (χ1n) is 4.84. The number of aryl methyl sites for hydroxylation is 1. The number of nitriles is 1. The van der Waals surface area contributed by atoms with Crippen LogP contribution in [0.3, 0.4) is 0 Å². The van der Waals surface area contributed by atoms with Gasteiger partial charge in [-0.2, -0.15) is 5.26 Å². The molecular weight excluding hydrogens is 194 g/mol. The van der Waals surface area contributed by atoms with Gasteiger partial charge in [-0.15, -0.1) is 5.10 Å². The summed E-state index contributed by atoms with van der Waals surface area (Å²) in [5.41, 5.74) is 0. The monoisotopic (exact) mass is 207 g/mol. The molecule has 1 heterocycles. The number of amides is 1. The topological polar surface area (TPSA) is 94.5 Å². The number of hydrogen-bond donors (Lipinski definition) is 2. The van der Waals surface area contributed by atoms with Gasteiger partial charge in [-0.1, -0.05) is 6.92 Å². The third-order valence-electron chi connectivity index (χ3n) is 1.74. The average Bonchev–Trinajstić information content (AvgIpc) is 2.67. The van der Waals surface area contributed by atoms with Crippen molar-refractivity contribution in [1.82, 2.24) is 20.5 Å². The third-order valence-corrected chi connectivity index (χ3v) is 1.74. The molecule has 80 valence electrons. The van der Waals surface area contributed by atoms with Crippen LogP contribution in [0.2, 0.25) is 0 Å². The van der Waals surface area contributed by atoms with E-state index in [2.05, 4.69) is 20.5 Å². The van der Waals surface area contributed by atoms with E-state index in [1.54, 1.807) is 0 Å². The predicted octanol–water partition coefficient (Wildman–Crippen LogP) is 0.401. The molecule has 0 aliphatic heterocycles. The van der Waals surface area contributed by atoms with Gasteiger partial charge in [0.2, 0.25) is 5.82 Å². The van der Waals surface area contributed by atoms with Crippen molar-refractivity contribution >= 4 is 5.91 Å². The maximum absolute atomic E-state index is 11.4. The van der Waals surface area contributed by atoms with Crippen LogP contribution in [-0.2, 0) is 6.42 Å². The van der Waals surface area contributed by atoms with E-state index in [1.807, 2.05) is 13.0 Å². The summed E-state index contributed by atoms with van der Waals surface area (Å²) in [4.78, 5) is 15.4. The number of aromatic amines is 1. The fourth-order valence-corrected chi connectivity index (χ4v) is 1.06. The van der Waals surface area contributed by atoms with Crippen LogP contribution in [0.1, 0.15) is 36.2 Å². The zero-order valence-corrected chi connectivity index (χ0v) is 8.58. The van der Waals surface area contributed by atoms with E-state index in [0.717, 1.165) is 12.8 Å². The van der Waals surface area contributed by atoms with E-state index in [4.69, 9.17) is 5.26 Å². The highest BCUT2D eigenvalue weighted by molar-refractivity contribution is 5.90. The number of rotatable bonds is 5. The molecule has 1 amide bonds. The van der Waals surface area contributed by atoms with Gasteiger partial charge in [0, 0.05) is 13.0 Å². The van der Waals surface area contributed by atoms with E-state index in [-0.39, 0.29) is 18.2 Å². The first-order valence-corrected chi connectivity index (χ1v) is 4.84. The van der Waals surface area contributed by atoms with Crippen molar-refractivity contribution < 1.29 is 4.79 Å². The van der Waals surface area contributed by atoms with Crippen molar-refractivity contribution in [2.24, 2.45) is 0 Å². The maximum atomic E-state index is 11.4. The molecule has 6 nitrogen and oxygen atoms in total. The highest BCUT2D eigenvalue weighted by atomic mass is 16.2. The van der Waals surface area contributed by atoms with Crippen LogP contribution in [0.4, 0.5) is 0 Å². The number of carbonyl (C=O) groups excluding carboxylic acids is 1. The highest BCUT2D eigenvalue weighted by Gasteiger charge is 2.10. The standard InChI is InChI=1S/C9H13N5O/c1-2-4-7-12-8(14-13-7)9(15)11-6-3-5-10/h2-4,6H2,1H3,(H,11,15)(H,12,13,14). The van der Waals surface area contributed by atoms with Gasteiger partial charge in [-0.3, -0.25) is 9.89 Å². The molecule has 0 spiro atoms. The number of nitrogens with zero attached hydrogens (tertiary/aromatic N) is 3. The number of nitrogens with one attached hydrogen (secondary N) is 2. The van der Waals surface area contributed by atoms with Crippen molar-refractivity contribution in [3.63, 3.8) is 0 Å². The van der Waals surface area contributed by atoms with Crippen LogP contribution in [0.25, 0.3) is 0 Å². The lowest BCUT2D eigenvalue weighted by atomic mass is 10.3. The molecule has 6 heteroatoms. The zero-order chi connectivity index (χ0) is 11.1. The van der Waals surface area contributed by atoms with Gasteiger partial charge in [-0.05, 0) is 6.42 Å². The second-order valence-electron chi connectivity index (χ2n) is 3.02. The molecule has 1 aromatic heterocycles. The number of H-pyrrole nitrogens is 1. The minimum absolute atomic E-state index is 0.136. The molecule has 0 atom stereocenters. The lowest BCUT2D eigenvalue weighted by Crippen LogP contribution is -2.25. The normalized spacial score (nSPS) is 9.60. The van der Waals surface area contributed by atoms with Crippen LogP contribution in [0, 0.1) is 11.3 Å². The van der Waals surface area contributed by atoms with Gasteiger partial charge in [-0.25, -0.2) is 4.98 Å². The van der Waals surface area contributed by atoms with E-state index in [1.165, 1.54) is 0 Å². The smallest absolute Gasteiger partial charge is 0.290 e. The lowest BCUT2D eigenvalue weighted by molar-refractivity contribution is 0.0944. The highest BCUT2D eigenvalue weighted by Crippen LogP contribution is 1.96. The quantitative estimate of drug-likeness (QED) is 0.683. The molecule has 0 saturated carbocycles. The Kier molecular flexibility index (Phi) is 4.29. The summed E-state index contributed by atoms with van der Waals surface area (Å²) in [7, 11) is 0. The minimum Gasteiger partial charge on any atom is -0.348 e. The van der Waals surface area contributed by atoms with Crippen molar-refractivity contribution in [1.29, 1.82) is 5.26 Å². The van der Waals surface area contributed by atoms with E-state index >= 15 is 0 Å². The van der Waals surface area contributed by atoms with Gasteiger partial charge in [0.1, 0.15) is 5.82 Å². The summed E-state index contributed by atoms with van der Waals surface area (Å²) in [6.07, 6.45) is 2.02. The Morgan fingerprint density at radius 2 is 2.47 bits per heavy atom. The van der Waals surface area contributed by atoms with Crippen molar-refractivity contribution in [2.45, 2.75) is 26.2 Å². The number of aromatic nitrogens is 3. The molecule has 0 aliphatic carbocycles. The van der Waals surface area contributed by atoms with Crippen LogP contribution >= 0.6 is 0 Å². The molecule has 0 bridgehead atoms. The summed E-state index contributed by atoms with van der Waals surface area (Å²) in [6.45, 7) is 2.35. The Morgan fingerprint density at radius 1 is 1.67 bits per heavy atom. The molecule has 2 N–H and O–H groups in total. The average molecular weight is 207 g/mol. The van der Waals surface area contributed by atoms with Gasteiger partial charge >= 0.3 is 0 Å². The fraction of sp³-hybridized carbons (Fsp3) is 0.556. The van der Waals surface area contributed by atoms with Crippen molar-refractivity contribution in [2.75, 3.05) is 6.54 Å². The predicted molar refractivity (Wildman–Crippen MR) is 52.9 cm³/mol. The second kappa shape index (κ2) is 5.75. The fourth-order valence-electron chi connectivity index (χ4n) is 1.06. The van der Waals surface area contributed by atoms with Gasteiger partial charge in [0.05, 0.1) is 12.5 Å². The molecule has 0 radical (unpaired) electrons. The molecule has 0 aliphatic rings. The Balaban J connectivity index is 2.47. The first kappa shape index (κ1) is 11.2. The van der Waals surface area contributed by atoms with Gasteiger partial charge in [0.15, 0.2) is 0 Å². The van der Waals surface area contributed by atoms with Gasteiger partial charge < -0.3 is 5.32 Å². The van der Waals surface area contributed by atoms with Crippen LogP contribution in [-0.4, -0.2) is 27.6 Å². The molecule has 1 aromatic rings. The maximum Gasteiger partial charge on any atom is 0.290 e. The zero-order valence-electron chi connectivity index (χ0n) is 8.58. The largest absolute Gasteiger partial charge is 0.348 e. The van der Waals surface area contributed by atoms with Crippen LogP contribution < -0.4 is 5.32 Å². The van der Waals surface area contributed by atoms with E-state index in [9.17, 15) is 4.79 Å². The lowest BCUT2D eigenvalue weighted by Gasteiger charge is -1.96. The molecular formula is C9H13N5O. The van der Waals surface area contributed by atoms with Crippen molar-refractivity contribution in [3.8, 4) is 6.07 Å². The summed E-state index contributed by atoms with van der Waals surface area (Å²) < 4.78 is 0. The number of hydrogen-bond acceptors (Lipinski definition) is 4. The summed E-state index contributed by atoms with van der Waals surface area (Å²) in [5, 5.41) is 17.3. The first-order chi connectivity index (χ1) is 7.27. The Labute approximate surface area is 87.7 Å². The number of carbonyl (C=O) groups is 1. The Hall–Kier alpha value is -1.90. The summed E-state index contributed by atoms with van der Waals surface area (Å²) in [6, 6.07) is 1.94. The van der Waals surface area contributed by atoms with E-state index < -0.39 is 0 Å². The summed E-state index contributed by atoms with van der Waals surface area (Å²) >= 11 is 0. The Bertz CT molecular complexity index is 365. The Morgan fingerprint density at radius 3 is 3.13 bits per heavy atom. The minimum atomic E-state index is -0.344. The van der Waals surface area contributed by atoms with Crippen LogP contribution in [0.5, 0.6) is 0 Å². The van der Waals surface area contributed by atoms with Crippen molar-refractivity contribution in [3.05, 3.63) is 11.6 Å². The SMILES string of the molecule is CCCc1nc(C(=O)NCCC#N)n[nH]1. The molecule has 0 saturated heterocycles. The second-order valence-corrected chi connectivity index (χ2v) is 3.02. The molecule has 0 fully saturated rings. The third kappa shape index (κ3) is 3.38. The molecule has 15 heavy (non-hydrogen) atoms. The molecule has 0 unspecified atom stereocenters. The van der Waals surface area contributed by atoms with E-state index in [0.29, 0.717) is 12.4 Å². The summed E-state index contributed by atoms with van der Waals surface area (Å²) in [5.74, 6) is 0.503. The van der Waals surface area contributed by atoms with Crippen LogP contribution in [0.15, 0.2) is 0 Å². The van der Waals surface area contributed by atoms with Gasteiger partial charge in [0.25, 0.3) is 5.91 Å². The molecule has 0 aromatic carbocycles. The molecule has 1 rings (SSSR count).